The van der Waals surface area contributed by atoms with Crippen LogP contribution in [0.2, 0.25) is 0 Å². The fraction of sp³-hybridized carbons (Fsp3) is 0.250. The van der Waals surface area contributed by atoms with Crippen LogP contribution in [0, 0.1) is 0 Å². The monoisotopic (exact) mass is 185 g/mol. The molecule has 0 bridgehead atoms. The molecule has 2 aromatic rings. The molecule has 1 saturated carbocycles. The van der Waals surface area contributed by atoms with E-state index in [1.165, 1.54) is 23.7 Å². The summed E-state index contributed by atoms with van der Waals surface area (Å²) in [6.45, 7) is 0. The largest absolute Gasteiger partial charge is 0.344 e. The summed E-state index contributed by atoms with van der Waals surface area (Å²) in [5.74, 6) is 0. The minimum Gasteiger partial charge on any atom is -0.344 e. The smallest absolute Gasteiger partial charge is 0.150 e. The lowest BCUT2D eigenvalue weighted by Gasteiger charge is -2.02. The zero-order valence-corrected chi connectivity index (χ0v) is 7.81. The van der Waals surface area contributed by atoms with Gasteiger partial charge in [0, 0.05) is 23.3 Å². The Morgan fingerprint density at radius 2 is 2.14 bits per heavy atom. The SMILES string of the molecule is O=Cc1ccc2ccn(C3CC3)c2c1. The van der Waals surface area contributed by atoms with Crippen LogP contribution in [0.1, 0.15) is 29.2 Å². The number of rotatable bonds is 2. The number of aromatic nitrogens is 1. The molecule has 0 amide bonds. The summed E-state index contributed by atoms with van der Waals surface area (Å²) in [5, 5.41) is 1.22. The number of carbonyl (C=O) groups is 1. The third-order valence-corrected chi connectivity index (χ3v) is 2.82. The number of hydrogen-bond acceptors (Lipinski definition) is 1. The van der Waals surface area contributed by atoms with Crippen molar-refractivity contribution in [3.05, 3.63) is 36.0 Å². The third-order valence-electron chi connectivity index (χ3n) is 2.82. The number of fused-ring (bicyclic) bond motifs is 1. The van der Waals surface area contributed by atoms with Crippen molar-refractivity contribution in [2.45, 2.75) is 18.9 Å². The van der Waals surface area contributed by atoms with E-state index in [4.69, 9.17) is 0 Å². The van der Waals surface area contributed by atoms with Gasteiger partial charge in [0.1, 0.15) is 6.29 Å². The number of hydrogen-bond donors (Lipinski definition) is 0. The Morgan fingerprint density at radius 3 is 2.86 bits per heavy atom. The first-order valence-corrected chi connectivity index (χ1v) is 4.94. The van der Waals surface area contributed by atoms with E-state index in [9.17, 15) is 4.79 Å². The fourth-order valence-electron chi connectivity index (χ4n) is 1.91. The molecule has 0 atom stereocenters. The van der Waals surface area contributed by atoms with E-state index < -0.39 is 0 Å². The van der Waals surface area contributed by atoms with E-state index >= 15 is 0 Å². The highest BCUT2D eigenvalue weighted by Crippen LogP contribution is 2.37. The van der Waals surface area contributed by atoms with Crippen LogP contribution < -0.4 is 0 Å². The number of carbonyl (C=O) groups excluding carboxylic acids is 1. The Kier molecular flexibility index (Phi) is 1.51. The minimum atomic E-state index is 0.675. The molecular weight excluding hydrogens is 174 g/mol. The molecule has 70 valence electrons. The maximum absolute atomic E-state index is 10.7. The Balaban J connectivity index is 2.25. The lowest BCUT2D eigenvalue weighted by Crippen LogP contribution is -1.91. The summed E-state index contributed by atoms with van der Waals surface area (Å²) < 4.78 is 2.28. The molecule has 1 aliphatic carbocycles. The van der Waals surface area contributed by atoms with Crippen LogP contribution in [0.3, 0.4) is 0 Å². The third kappa shape index (κ3) is 1.07. The predicted molar refractivity (Wildman–Crippen MR) is 55.6 cm³/mol. The van der Waals surface area contributed by atoms with Crippen molar-refractivity contribution < 1.29 is 4.79 Å². The summed E-state index contributed by atoms with van der Waals surface area (Å²) in [7, 11) is 0. The van der Waals surface area contributed by atoms with Gasteiger partial charge in [0.15, 0.2) is 0 Å². The summed E-state index contributed by atoms with van der Waals surface area (Å²) in [4.78, 5) is 10.7. The summed E-state index contributed by atoms with van der Waals surface area (Å²) in [6, 6.07) is 8.64. The topological polar surface area (TPSA) is 22.0 Å². The predicted octanol–water partition coefficient (Wildman–Crippen LogP) is 2.79. The maximum atomic E-state index is 10.7. The van der Waals surface area contributed by atoms with Gasteiger partial charge >= 0.3 is 0 Å². The van der Waals surface area contributed by atoms with Crippen LogP contribution >= 0.6 is 0 Å². The van der Waals surface area contributed by atoms with Gasteiger partial charge in [0.25, 0.3) is 0 Å². The first kappa shape index (κ1) is 7.80. The highest BCUT2D eigenvalue weighted by atomic mass is 16.1. The lowest BCUT2D eigenvalue weighted by atomic mass is 10.2. The Labute approximate surface area is 82.1 Å². The molecule has 1 aromatic heterocycles. The molecule has 0 N–H and O–H groups in total. The van der Waals surface area contributed by atoms with Crippen molar-refractivity contribution in [3.63, 3.8) is 0 Å². The van der Waals surface area contributed by atoms with E-state index in [1.807, 2.05) is 18.2 Å². The van der Waals surface area contributed by atoms with Gasteiger partial charge in [0.05, 0.1) is 0 Å². The van der Waals surface area contributed by atoms with Gasteiger partial charge < -0.3 is 4.57 Å². The first-order chi connectivity index (χ1) is 6.88. The second-order valence-corrected chi connectivity index (χ2v) is 3.89. The van der Waals surface area contributed by atoms with Crippen molar-refractivity contribution in [1.29, 1.82) is 0 Å². The van der Waals surface area contributed by atoms with Crippen LogP contribution in [0.4, 0.5) is 0 Å². The molecule has 0 unspecified atom stereocenters. The molecule has 1 aliphatic rings. The Morgan fingerprint density at radius 1 is 1.29 bits per heavy atom. The normalized spacial score (nSPS) is 16.0. The van der Waals surface area contributed by atoms with Crippen LogP contribution in [0.25, 0.3) is 10.9 Å². The maximum Gasteiger partial charge on any atom is 0.150 e. The minimum absolute atomic E-state index is 0.675. The molecule has 1 heterocycles. The zero-order valence-electron chi connectivity index (χ0n) is 7.81. The van der Waals surface area contributed by atoms with Gasteiger partial charge in [-0.2, -0.15) is 0 Å². The number of benzene rings is 1. The van der Waals surface area contributed by atoms with Crippen molar-refractivity contribution in [2.75, 3.05) is 0 Å². The van der Waals surface area contributed by atoms with E-state index in [1.54, 1.807) is 0 Å². The molecular formula is C12H11NO. The summed E-state index contributed by atoms with van der Waals surface area (Å²) in [6.07, 6.45) is 5.57. The molecule has 14 heavy (non-hydrogen) atoms. The lowest BCUT2D eigenvalue weighted by molar-refractivity contribution is 0.112. The van der Waals surface area contributed by atoms with Crippen molar-refractivity contribution >= 4 is 17.2 Å². The van der Waals surface area contributed by atoms with Crippen molar-refractivity contribution in [2.24, 2.45) is 0 Å². The van der Waals surface area contributed by atoms with Crippen LogP contribution in [-0.4, -0.2) is 10.9 Å². The van der Waals surface area contributed by atoms with E-state index in [0.29, 0.717) is 6.04 Å². The zero-order chi connectivity index (χ0) is 9.54. The van der Waals surface area contributed by atoms with Crippen molar-refractivity contribution in [1.82, 2.24) is 4.57 Å². The molecule has 2 heteroatoms. The molecule has 2 nitrogen and oxygen atoms in total. The molecule has 0 saturated heterocycles. The molecule has 1 fully saturated rings. The fourth-order valence-corrected chi connectivity index (χ4v) is 1.91. The van der Waals surface area contributed by atoms with Gasteiger partial charge in [0.2, 0.25) is 0 Å². The highest BCUT2D eigenvalue weighted by molar-refractivity contribution is 5.87. The van der Waals surface area contributed by atoms with Crippen LogP contribution in [0.15, 0.2) is 30.5 Å². The molecule has 3 rings (SSSR count). The van der Waals surface area contributed by atoms with E-state index in [0.717, 1.165) is 11.8 Å². The van der Waals surface area contributed by atoms with Gasteiger partial charge in [-0.1, -0.05) is 12.1 Å². The second-order valence-electron chi connectivity index (χ2n) is 3.89. The quantitative estimate of drug-likeness (QED) is 0.659. The Bertz CT molecular complexity index is 494. The van der Waals surface area contributed by atoms with Gasteiger partial charge in [-0.05, 0) is 30.4 Å². The summed E-state index contributed by atoms with van der Waals surface area (Å²) in [5.41, 5.74) is 1.95. The second kappa shape index (κ2) is 2.71. The standard InChI is InChI=1S/C12H11NO/c14-8-9-1-2-10-5-6-13(11-3-4-11)12(10)7-9/h1-2,5-8,11H,3-4H2. The van der Waals surface area contributed by atoms with E-state index in [-0.39, 0.29) is 0 Å². The number of nitrogens with zero attached hydrogens (tertiary/aromatic N) is 1. The molecule has 0 spiro atoms. The van der Waals surface area contributed by atoms with E-state index in [2.05, 4.69) is 16.8 Å². The molecule has 0 radical (unpaired) electrons. The van der Waals surface area contributed by atoms with Crippen LogP contribution in [0.5, 0.6) is 0 Å². The average Bonchev–Trinajstić information content (AvgIpc) is 2.98. The van der Waals surface area contributed by atoms with Gasteiger partial charge in [-0.25, -0.2) is 0 Å². The first-order valence-electron chi connectivity index (χ1n) is 4.94. The Hall–Kier alpha value is -1.57. The molecule has 0 aliphatic heterocycles. The highest BCUT2D eigenvalue weighted by Gasteiger charge is 2.24. The van der Waals surface area contributed by atoms with Gasteiger partial charge in [-0.15, -0.1) is 0 Å². The molecule has 1 aromatic carbocycles. The van der Waals surface area contributed by atoms with Crippen molar-refractivity contribution in [3.8, 4) is 0 Å². The summed E-state index contributed by atoms with van der Waals surface area (Å²) >= 11 is 0. The number of aldehydes is 1. The van der Waals surface area contributed by atoms with Gasteiger partial charge in [-0.3, -0.25) is 4.79 Å². The average molecular weight is 185 g/mol. The van der Waals surface area contributed by atoms with Crippen LogP contribution in [-0.2, 0) is 0 Å².